The molecule has 0 fully saturated rings. The van der Waals surface area contributed by atoms with Gasteiger partial charge in [-0.1, -0.05) is 83.9 Å². The van der Waals surface area contributed by atoms with Crippen LogP contribution in [0.5, 0.6) is 0 Å². The highest BCUT2D eigenvalue weighted by molar-refractivity contribution is 9.10. The largest absolute Gasteiger partial charge is 0.354 e. The van der Waals surface area contributed by atoms with E-state index in [4.69, 9.17) is 0 Å². The maximum Gasteiger partial charge on any atom is 0.269 e. The van der Waals surface area contributed by atoms with Crippen molar-refractivity contribution in [2.45, 2.75) is 50.1 Å². The molecule has 3 amide bonds. The van der Waals surface area contributed by atoms with Crippen molar-refractivity contribution in [1.29, 1.82) is 0 Å². The molecule has 0 saturated carbocycles. The fraction of sp³-hybridized carbons (Fsp3) is 0.300. The lowest BCUT2D eigenvalue weighted by atomic mass is 10.0. The first-order valence-electron chi connectivity index (χ1n) is 13.2. The molecule has 0 spiro atoms. The van der Waals surface area contributed by atoms with Crippen molar-refractivity contribution in [1.82, 2.24) is 14.5 Å². The number of nitrogens with zero attached hydrogens (tertiary/aromatic N) is 2. The summed E-state index contributed by atoms with van der Waals surface area (Å²) in [5.74, 6) is -1.36. The van der Waals surface area contributed by atoms with E-state index in [-0.39, 0.29) is 42.3 Å². The fourth-order valence-corrected chi connectivity index (χ4v) is 6.70. The van der Waals surface area contributed by atoms with Crippen LogP contribution in [-0.2, 0) is 32.6 Å². The molecule has 8 nitrogen and oxygen atoms in total. The van der Waals surface area contributed by atoms with Crippen LogP contribution in [0, 0.1) is 0 Å². The van der Waals surface area contributed by atoms with Gasteiger partial charge in [-0.25, -0.2) is 12.7 Å². The lowest BCUT2D eigenvalue weighted by Gasteiger charge is -2.32. The third-order valence-electron chi connectivity index (χ3n) is 6.78. The average Bonchev–Trinajstić information content (AvgIpc) is 3.14. The van der Waals surface area contributed by atoms with Crippen LogP contribution in [0.25, 0.3) is 0 Å². The number of unbranched alkanes of at least 4 members (excludes halogenated alkanes) is 1. The van der Waals surface area contributed by atoms with Crippen molar-refractivity contribution < 1.29 is 22.8 Å². The number of carbonyl (C=O) groups excluding carboxylic acids is 3. The van der Waals surface area contributed by atoms with Crippen LogP contribution >= 0.6 is 15.9 Å². The minimum Gasteiger partial charge on any atom is -0.354 e. The molecule has 40 heavy (non-hydrogen) atoms. The van der Waals surface area contributed by atoms with E-state index in [0.717, 1.165) is 32.7 Å². The van der Waals surface area contributed by atoms with E-state index in [1.54, 1.807) is 12.1 Å². The molecule has 3 aromatic carbocycles. The van der Waals surface area contributed by atoms with Gasteiger partial charge in [-0.05, 0) is 41.8 Å². The van der Waals surface area contributed by atoms with Crippen LogP contribution in [0.1, 0.15) is 47.7 Å². The molecule has 1 aliphatic heterocycles. The number of benzene rings is 3. The summed E-state index contributed by atoms with van der Waals surface area (Å²) in [7, 11) is -4.05. The summed E-state index contributed by atoms with van der Waals surface area (Å²) in [6, 6.07) is 22.1. The molecule has 210 valence electrons. The van der Waals surface area contributed by atoms with Crippen molar-refractivity contribution in [3.8, 4) is 0 Å². The predicted octanol–water partition coefficient (Wildman–Crippen LogP) is 4.54. The van der Waals surface area contributed by atoms with Crippen LogP contribution < -0.4 is 5.32 Å². The second-order valence-electron chi connectivity index (χ2n) is 9.63. The Kier molecular flexibility index (Phi) is 9.76. The number of amides is 3. The number of halogens is 1. The summed E-state index contributed by atoms with van der Waals surface area (Å²) in [5.41, 5.74) is 1.79. The number of nitrogens with one attached hydrogen (secondary N) is 1. The van der Waals surface area contributed by atoms with Gasteiger partial charge >= 0.3 is 0 Å². The molecule has 4 rings (SSSR count). The SMILES string of the molecule is CCCCNC(=O)[C@@H](Cc1ccccc1)N(Cc1cccc(Br)c1)C(=O)CCN1C(=O)c2ccccc2S1(=O)=O. The van der Waals surface area contributed by atoms with Gasteiger partial charge in [0, 0.05) is 36.9 Å². The summed E-state index contributed by atoms with van der Waals surface area (Å²) in [6.45, 7) is 2.33. The number of hydrogen-bond acceptors (Lipinski definition) is 5. The van der Waals surface area contributed by atoms with Crippen molar-refractivity contribution >= 4 is 43.7 Å². The van der Waals surface area contributed by atoms with Gasteiger partial charge in [0.05, 0.1) is 5.56 Å². The zero-order valence-corrected chi connectivity index (χ0v) is 24.7. The Morgan fingerprint density at radius 3 is 2.38 bits per heavy atom. The smallest absolute Gasteiger partial charge is 0.269 e. The molecule has 3 aromatic rings. The average molecular weight is 627 g/mol. The van der Waals surface area contributed by atoms with E-state index in [9.17, 15) is 22.8 Å². The third kappa shape index (κ3) is 6.79. The Balaban J connectivity index is 1.62. The van der Waals surface area contributed by atoms with Crippen LogP contribution in [0.2, 0.25) is 0 Å². The summed E-state index contributed by atoms with van der Waals surface area (Å²) in [5, 5.41) is 2.96. The lowest BCUT2D eigenvalue weighted by molar-refractivity contribution is -0.141. The number of carbonyl (C=O) groups is 3. The van der Waals surface area contributed by atoms with E-state index in [2.05, 4.69) is 21.2 Å². The first-order valence-corrected chi connectivity index (χ1v) is 15.5. The predicted molar refractivity (Wildman–Crippen MR) is 156 cm³/mol. The van der Waals surface area contributed by atoms with Gasteiger partial charge in [0.15, 0.2) is 0 Å². The van der Waals surface area contributed by atoms with E-state index >= 15 is 0 Å². The molecule has 1 N–H and O–H groups in total. The zero-order valence-electron chi connectivity index (χ0n) is 22.3. The normalized spacial score (nSPS) is 14.4. The number of fused-ring (bicyclic) bond motifs is 1. The second kappa shape index (κ2) is 13.2. The van der Waals surface area contributed by atoms with Crippen LogP contribution in [0.3, 0.4) is 0 Å². The van der Waals surface area contributed by atoms with E-state index in [0.29, 0.717) is 6.54 Å². The highest BCUT2D eigenvalue weighted by atomic mass is 79.9. The van der Waals surface area contributed by atoms with Crippen molar-refractivity contribution in [3.63, 3.8) is 0 Å². The Morgan fingerprint density at radius 2 is 1.68 bits per heavy atom. The first kappa shape index (κ1) is 29.5. The van der Waals surface area contributed by atoms with Crippen LogP contribution in [0.15, 0.2) is 88.2 Å². The zero-order chi connectivity index (χ0) is 28.7. The van der Waals surface area contributed by atoms with Gasteiger partial charge in [-0.2, -0.15) is 0 Å². The van der Waals surface area contributed by atoms with Gasteiger partial charge in [-0.15, -0.1) is 0 Å². The number of sulfonamides is 1. The third-order valence-corrected chi connectivity index (χ3v) is 9.12. The van der Waals surface area contributed by atoms with Gasteiger partial charge in [0.2, 0.25) is 11.8 Å². The Labute approximate surface area is 243 Å². The quantitative estimate of drug-likeness (QED) is 0.298. The Morgan fingerprint density at radius 1 is 0.975 bits per heavy atom. The van der Waals surface area contributed by atoms with Crippen LogP contribution in [0.4, 0.5) is 0 Å². The van der Waals surface area contributed by atoms with E-state index < -0.39 is 27.9 Å². The standard InChI is InChI=1S/C30H32BrN3O5S/c1-2-3-17-32-29(36)26(20-22-10-5-4-6-11-22)33(21-23-12-9-13-24(31)19-23)28(35)16-18-34-30(37)25-14-7-8-15-27(25)40(34,38)39/h4-15,19,26H,2-3,16-18,20-21H2,1H3,(H,32,36)/t26-/m1/s1. The summed E-state index contributed by atoms with van der Waals surface area (Å²) in [4.78, 5) is 41.7. The van der Waals surface area contributed by atoms with E-state index in [1.807, 2.05) is 61.5 Å². The van der Waals surface area contributed by atoms with Gasteiger partial charge in [0.1, 0.15) is 10.9 Å². The van der Waals surface area contributed by atoms with Gasteiger partial charge < -0.3 is 10.2 Å². The van der Waals surface area contributed by atoms with Crippen molar-refractivity contribution in [2.24, 2.45) is 0 Å². The molecule has 1 atom stereocenters. The molecule has 0 unspecified atom stereocenters. The molecule has 1 heterocycles. The van der Waals surface area contributed by atoms with Gasteiger partial charge in [0.25, 0.3) is 15.9 Å². The maximum atomic E-state index is 13.8. The summed E-state index contributed by atoms with van der Waals surface area (Å²) >= 11 is 3.47. The number of rotatable bonds is 12. The molecule has 1 aliphatic rings. The van der Waals surface area contributed by atoms with Crippen molar-refractivity contribution in [2.75, 3.05) is 13.1 Å². The lowest BCUT2D eigenvalue weighted by Crippen LogP contribution is -2.51. The molecular formula is C30H32BrN3O5S. The minimum atomic E-state index is -4.05. The van der Waals surface area contributed by atoms with E-state index in [1.165, 1.54) is 17.0 Å². The van der Waals surface area contributed by atoms with Gasteiger partial charge in [-0.3, -0.25) is 14.4 Å². The fourth-order valence-electron chi connectivity index (χ4n) is 4.69. The topological polar surface area (TPSA) is 104 Å². The minimum absolute atomic E-state index is 0.0595. The monoisotopic (exact) mass is 625 g/mol. The highest BCUT2D eigenvalue weighted by Gasteiger charge is 2.41. The molecule has 0 bridgehead atoms. The Hall–Kier alpha value is -3.50. The van der Waals surface area contributed by atoms with Crippen LogP contribution in [-0.4, -0.2) is 54.5 Å². The number of hydrogen-bond donors (Lipinski definition) is 1. The highest BCUT2D eigenvalue weighted by Crippen LogP contribution is 2.30. The molecule has 0 radical (unpaired) electrons. The molecule has 0 aliphatic carbocycles. The van der Waals surface area contributed by atoms with Crippen molar-refractivity contribution in [3.05, 3.63) is 100 Å². The summed E-state index contributed by atoms with van der Waals surface area (Å²) < 4.78 is 27.7. The first-order chi connectivity index (χ1) is 19.2. The molecule has 0 saturated heterocycles. The summed E-state index contributed by atoms with van der Waals surface area (Å²) in [6.07, 6.45) is 1.73. The maximum absolute atomic E-state index is 13.8. The molecular weight excluding hydrogens is 594 g/mol. The molecule has 0 aromatic heterocycles. The molecule has 10 heteroatoms. The second-order valence-corrected chi connectivity index (χ2v) is 12.4. The Bertz CT molecular complexity index is 1480.